The molecule has 0 radical (unpaired) electrons. The van der Waals surface area contributed by atoms with E-state index in [9.17, 15) is 4.79 Å². The third kappa shape index (κ3) is 4.48. The van der Waals surface area contributed by atoms with Gasteiger partial charge in [-0.2, -0.15) is 11.8 Å². The minimum absolute atomic E-state index is 0.0750. The molecule has 0 unspecified atom stereocenters. The molecular weight excluding hydrogens is 280 g/mol. The molecule has 2 rings (SSSR count). The Morgan fingerprint density at radius 1 is 1.38 bits per heavy atom. The van der Waals surface area contributed by atoms with Gasteiger partial charge in [-0.25, -0.2) is 0 Å². The first-order valence-electron chi connectivity index (χ1n) is 7.79. The van der Waals surface area contributed by atoms with Gasteiger partial charge in [0.05, 0.1) is 6.04 Å². The van der Waals surface area contributed by atoms with Gasteiger partial charge in [0.2, 0.25) is 5.91 Å². The molecule has 1 aromatic rings. The van der Waals surface area contributed by atoms with Gasteiger partial charge in [-0.15, -0.1) is 0 Å². The fourth-order valence-electron chi connectivity index (χ4n) is 3.05. The number of carbonyl (C=O) groups excluding carboxylic acids is 1. The molecule has 0 bridgehead atoms. The molecule has 0 spiro atoms. The van der Waals surface area contributed by atoms with Crippen LogP contribution in [-0.2, 0) is 11.2 Å². The van der Waals surface area contributed by atoms with Crippen LogP contribution < -0.4 is 5.73 Å². The lowest BCUT2D eigenvalue weighted by molar-refractivity contribution is -0.133. The van der Waals surface area contributed by atoms with Crippen molar-refractivity contribution in [2.45, 2.75) is 49.9 Å². The Bertz CT molecular complexity index is 451. The average molecular weight is 306 g/mol. The maximum atomic E-state index is 12.5. The van der Waals surface area contributed by atoms with Crippen molar-refractivity contribution < 1.29 is 4.79 Å². The van der Waals surface area contributed by atoms with E-state index in [1.807, 2.05) is 54.0 Å². The molecule has 0 aliphatic heterocycles. The molecule has 1 aromatic carbocycles. The van der Waals surface area contributed by atoms with Crippen LogP contribution in [0.15, 0.2) is 30.3 Å². The Morgan fingerprint density at radius 3 is 2.76 bits per heavy atom. The zero-order chi connectivity index (χ0) is 15.2. The largest absolute Gasteiger partial charge is 0.341 e. The van der Waals surface area contributed by atoms with Crippen LogP contribution in [0.25, 0.3) is 0 Å². The van der Waals surface area contributed by atoms with E-state index in [1.165, 1.54) is 6.42 Å². The number of nitrogens with two attached hydrogens (primary N) is 1. The average Bonchev–Trinajstić information content (AvgIpc) is 2.95. The predicted octanol–water partition coefficient (Wildman–Crippen LogP) is 2.69. The lowest BCUT2D eigenvalue weighted by Crippen LogP contribution is -2.46. The van der Waals surface area contributed by atoms with Crippen molar-refractivity contribution in [3.8, 4) is 0 Å². The highest BCUT2D eigenvalue weighted by Crippen LogP contribution is 2.32. The Balaban J connectivity index is 1.87. The van der Waals surface area contributed by atoms with Crippen LogP contribution in [0.5, 0.6) is 0 Å². The second kappa shape index (κ2) is 7.85. The van der Waals surface area contributed by atoms with E-state index in [2.05, 4.69) is 6.92 Å². The van der Waals surface area contributed by atoms with E-state index in [-0.39, 0.29) is 5.91 Å². The van der Waals surface area contributed by atoms with Crippen molar-refractivity contribution in [3.63, 3.8) is 0 Å². The molecular formula is C17H26N2OS. The first kappa shape index (κ1) is 16.4. The van der Waals surface area contributed by atoms with Crippen LogP contribution in [0, 0.1) is 0 Å². The van der Waals surface area contributed by atoms with Crippen LogP contribution in [0.3, 0.4) is 0 Å². The minimum Gasteiger partial charge on any atom is -0.341 e. The molecule has 21 heavy (non-hydrogen) atoms. The first-order chi connectivity index (χ1) is 10.1. The van der Waals surface area contributed by atoms with E-state index in [0.29, 0.717) is 17.7 Å². The summed E-state index contributed by atoms with van der Waals surface area (Å²) in [7, 11) is 1.91. The zero-order valence-corrected chi connectivity index (χ0v) is 13.8. The maximum Gasteiger partial charge on any atom is 0.239 e. The predicted molar refractivity (Wildman–Crippen MR) is 90.5 cm³/mol. The Hall–Kier alpha value is -1.00. The van der Waals surface area contributed by atoms with Gasteiger partial charge >= 0.3 is 0 Å². The third-order valence-electron chi connectivity index (χ3n) is 4.27. The van der Waals surface area contributed by atoms with Crippen LogP contribution in [-0.4, -0.2) is 40.9 Å². The smallest absolute Gasteiger partial charge is 0.239 e. The number of rotatable bonds is 6. The molecule has 0 saturated heterocycles. The summed E-state index contributed by atoms with van der Waals surface area (Å²) < 4.78 is 0. The number of thioether (sulfide) groups is 1. The highest BCUT2D eigenvalue weighted by atomic mass is 32.2. The Kier molecular flexibility index (Phi) is 6.12. The minimum atomic E-state index is -0.435. The second-order valence-electron chi connectivity index (χ2n) is 5.79. The molecule has 2 N–H and O–H groups in total. The lowest BCUT2D eigenvalue weighted by atomic mass is 10.0. The SMILES string of the molecule is CCS[C@H]1CC[C@@H](N(C)C(=O)[C@@H](N)Cc2ccccc2)C1. The number of nitrogens with zero attached hydrogens (tertiary/aromatic N) is 1. The van der Waals surface area contributed by atoms with Gasteiger partial charge < -0.3 is 10.6 Å². The highest BCUT2D eigenvalue weighted by Gasteiger charge is 2.31. The van der Waals surface area contributed by atoms with Crippen LogP contribution in [0.2, 0.25) is 0 Å². The number of hydrogen-bond donors (Lipinski definition) is 1. The molecule has 3 nitrogen and oxygen atoms in total. The molecule has 1 aliphatic carbocycles. The van der Waals surface area contributed by atoms with Gasteiger partial charge in [0.15, 0.2) is 0 Å². The maximum absolute atomic E-state index is 12.5. The topological polar surface area (TPSA) is 46.3 Å². The highest BCUT2D eigenvalue weighted by molar-refractivity contribution is 7.99. The van der Waals surface area contributed by atoms with Crippen LogP contribution in [0.1, 0.15) is 31.7 Å². The van der Waals surface area contributed by atoms with E-state index >= 15 is 0 Å². The first-order valence-corrected chi connectivity index (χ1v) is 8.84. The molecule has 1 saturated carbocycles. The number of amides is 1. The van der Waals surface area contributed by atoms with Crippen molar-refractivity contribution in [1.82, 2.24) is 4.90 Å². The zero-order valence-electron chi connectivity index (χ0n) is 13.0. The summed E-state index contributed by atoms with van der Waals surface area (Å²) in [6.45, 7) is 2.20. The van der Waals surface area contributed by atoms with Crippen molar-refractivity contribution in [1.29, 1.82) is 0 Å². The number of benzene rings is 1. The molecule has 4 heteroatoms. The van der Waals surface area contributed by atoms with E-state index in [0.717, 1.165) is 24.2 Å². The van der Waals surface area contributed by atoms with Gasteiger partial charge in [0.25, 0.3) is 0 Å². The summed E-state index contributed by atoms with van der Waals surface area (Å²) in [5.74, 6) is 1.23. The standard InChI is InChI=1S/C17H26N2OS/c1-3-21-15-10-9-14(12-15)19(2)17(20)16(18)11-13-7-5-4-6-8-13/h4-8,14-16H,3,9-12,18H2,1-2H3/t14-,15+,16+/m1/s1. The number of hydrogen-bond acceptors (Lipinski definition) is 3. The third-order valence-corrected chi connectivity index (χ3v) is 5.50. The van der Waals surface area contributed by atoms with E-state index in [1.54, 1.807) is 0 Å². The van der Waals surface area contributed by atoms with Gasteiger partial charge in [-0.3, -0.25) is 4.79 Å². The van der Waals surface area contributed by atoms with E-state index < -0.39 is 6.04 Å². The summed E-state index contributed by atoms with van der Waals surface area (Å²) in [6.07, 6.45) is 4.05. The molecule has 1 fully saturated rings. The molecule has 1 amide bonds. The lowest BCUT2D eigenvalue weighted by Gasteiger charge is -2.27. The summed E-state index contributed by atoms with van der Waals surface area (Å²) in [5, 5.41) is 0.709. The van der Waals surface area contributed by atoms with Gasteiger partial charge in [-0.1, -0.05) is 37.3 Å². The normalized spacial score (nSPS) is 23.0. The van der Waals surface area contributed by atoms with Crippen molar-refractivity contribution >= 4 is 17.7 Å². The fourth-order valence-corrected chi connectivity index (χ4v) is 4.19. The number of likely N-dealkylation sites (N-methyl/N-ethyl adjacent to an activating group) is 1. The van der Waals surface area contributed by atoms with Crippen molar-refractivity contribution in [2.75, 3.05) is 12.8 Å². The molecule has 3 atom stereocenters. The van der Waals surface area contributed by atoms with Crippen molar-refractivity contribution in [3.05, 3.63) is 35.9 Å². The molecule has 0 aromatic heterocycles. The summed E-state index contributed by atoms with van der Waals surface area (Å²) in [4.78, 5) is 14.4. The van der Waals surface area contributed by atoms with Crippen LogP contribution in [0.4, 0.5) is 0 Å². The fraction of sp³-hybridized carbons (Fsp3) is 0.588. The summed E-state index contributed by atoms with van der Waals surface area (Å²) in [5.41, 5.74) is 7.24. The van der Waals surface area contributed by atoms with Crippen LogP contribution >= 0.6 is 11.8 Å². The van der Waals surface area contributed by atoms with Crippen molar-refractivity contribution in [2.24, 2.45) is 5.73 Å². The molecule has 0 heterocycles. The Labute approximate surface area is 132 Å². The second-order valence-corrected chi connectivity index (χ2v) is 7.37. The number of carbonyl (C=O) groups is 1. The van der Waals surface area contributed by atoms with Gasteiger partial charge in [0.1, 0.15) is 0 Å². The molecule has 116 valence electrons. The summed E-state index contributed by atoms with van der Waals surface area (Å²) in [6, 6.07) is 9.93. The quantitative estimate of drug-likeness (QED) is 0.879. The molecule has 1 aliphatic rings. The Morgan fingerprint density at radius 2 is 2.10 bits per heavy atom. The monoisotopic (exact) mass is 306 g/mol. The van der Waals surface area contributed by atoms with Gasteiger partial charge in [0, 0.05) is 18.3 Å². The van der Waals surface area contributed by atoms with E-state index in [4.69, 9.17) is 5.73 Å². The van der Waals surface area contributed by atoms with Gasteiger partial charge in [-0.05, 0) is 37.0 Å². The summed E-state index contributed by atoms with van der Waals surface area (Å²) >= 11 is 2.01.